The van der Waals surface area contributed by atoms with Crippen LogP contribution in [0.25, 0.3) is 0 Å². The van der Waals surface area contributed by atoms with Gasteiger partial charge in [-0.3, -0.25) is 4.98 Å². The number of anilines is 1. The fourth-order valence-electron chi connectivity index (χ4n) is 1.59. The predicted octanol–water partition coefficient (Wildman–Crippen LogP) is 2.14. The van der Waals surface area contributed by atoms with Crippen molar-refractivity contribution in [3.63, 3.8) is 0 Å². The molecule has 15 heavy (non-hydrogen) atoms. The average molecular weight is 207 g/mol. The van der Waals surface area contributed by atoms with Crippen LogP contribution in [0.2, 0.25) is 0 Å². The van der Waals surface area contributed by atoms with E-state index in [1.165, 1.54) is 6.42 Å². The van der Waals surface area contributed by atoms with Gasteiger partial charge in [-0.25, -0.2) is 0 Å². The van der Waals surface area contributed by atoms with Crippen LogP contribution in [0.5, 0.6) is 0 Å². The van der Waals surface area contributed by atoms with Crippen LogP contribution in [-0.2, 0) is 6.54 Å². The fraction of sp³-hybridized carbons (Fsp3) is 0.583. The lowest BCUT2D eigenvalue weighted by Gasteiger charge is -2.19. The molecular weight excluding hydrogens is 186 g/mol. The SMILES string of the molecule is CCC(C)CN(C)Cc1cc(N)ccn1. The molecule has 2 N–H and O–H groups in total. The van der Waals surface area contributed by atoms with E-state index in [2.05, 4.69) is 30.8 Å². The average Bonchev–Trinajstić information content (AvgIpc) is 2.17. The van der Waals surface area contributed by atoms with Crippen molar-refractivity contribution in [3.05, 3.63) is 24.0 Å². The smallest absolute Gasteiger partial charge is 0.0564 e. The third-order valence-electron chi connectivity index (χ3n) is 2.59. The number of hydrogen-bond acceptors (Lipinski definition) is 3. The molecule has 0 aliphatic rings. The summed E-state index contributed by atoms with van der Waals surface area (Å²) >= 11 is 0. The molecule has 3 heteroatoms. The molecule has 0 radical (unpaired) electrons. The molecule has 1 heterocycles. The lowest BCUT2D eigenvalue weighted by Crippen LogP contribution is -2.24. The van der Waals surface area contributed by atoms with Gasteiger partial charge in [0.15, 0.2) is 0 Å². The van der Waals surface area contributed by atoms with Gasteiger partial charge in [0.25, 0.3) is 0 Å². The summed E-state index contributed by atoms with van der Waals surface area (Å²) in [4.78, 5) is 6.58. The second-order valence-corrected chi connectivity index (χ2v) is 4.29. The number of nitrogen functional groups attached to an aromatic ring is 1. The van der Waals surface area contributed by atoms with Crippen molar-refractivity contribution in [1.82, 2.24) is 9.88 Å². The van der Waals surface area contributed by atoms with Gasteiger partial charge in [0.1, 0.15) is 0 Å². The van der Waals surface area contributed by atoms with Crippen LogP contribution in [0.1, 0.15) is 26.0 Å². The minimum Gasteiger partial charge on any atom is -0.399 e. The summed E-state index contributed by atoms with van der Waals surface area (Å²) < 4.78 is 0. The van der Waals surface area contributed by atoms with Crippen LogP contribution >= 0.6 is 0 Å². The topological polar surface area (TPSA) is 42.1 Å². The number of pyridine rings is 1. The largest absolute Gasteiger partial charge is 0.399 e. The zero-order valence-electron chi connectivity index (χ0n) is 9.90. The highest BCUT2D eigenvalue weighted by Gasteiger charge is 2.05. The first-order valence-corrected chi connectivity index (χ1v) is 5.50. The monoisotopic (exact) mass is 207 g/mol. The second-order valence-electron chi connectivity index (χ2n) is 4.29. The fourth-order valence-corrected chi connectivity index (χ4v) is 1.59. The summed E-state index contributed by atoms with van der Waals surface area (Å²) in [5.41, 5.74) is 7.53. The number of nitrogens with zero attached hydrogens (tertiary/aromatic N) is 2. The molecule has 3 nitrogen and oxygen atoms in total. The molecule has 1 unspecified atom stereocenters. The summed E-state index contributed by atoms with van der Waals surface area (Å²) in [5, 5.41) is 0. The second kappa shape index (κ2) is 5.71. The van der Waals surface area contributed by atoms with Gasteiger partial charge < -0.3 is 10.6 Å². The maximum Gasteiger partial charge on any atom is 0.0564 e. The Balaban J connectivity index is 2.47. The molecule has 0 amide bonds. The standard InChI is InChI=1S/C12H21N3/c1-4-10(2)8-15(3)9-12-7-11(13)5-6-14-12/h5-7,10H,4,8-9H2,1-3H3,(H2,13,14). The Kier molecular flexibility index (Phi) is 4.56. The Morgan fingerprint density at radius 2 is 2.27 bits per heavy atom. The van der Waals surface area contributed by atoms with Gasteiger partial charge in [-0.2, -0.15) is 0 Å². The van der Waals surface area contributed by atoms with Crippen LogP contribution in [-0.4, -0.2) is 23.5 Å². The molecule has 1 aromatic heterocycles. The first-order valence-electron chi connectivity index (χ1n) is 5.50. The van der Waals surface area contributed by atoms with Gasteiger partial charge in [-0.05, 0) is 25.1 Å². The molecule has 0 saturated carbocycles. The minimum absolute atomic E-state index is 0.732. The maximum absolute atomic E-state index is 5.70. The molecule has 0 fully saturated rings. The molecule has 1 rings (SSSR count). The molecule has 0 spiro atoms. The van der Waals surface area contributed by atoms with Crippen LogP contribution in [0.4, 0.5) is 5.69 Å². The van der Waals surface area contributed by atoms with Gasteiger partial charge in [-0.1, -0.05) is 20.3 Å². The summed E-state index contributed by atoms with van der Waals surface area (Å²) in [5.74, 6) is 0.732. The lowest BCUT2D eigenvalue weighted by molar-refractivity contribution is 0.272. The van der Waals surface area contributed by atoms with E-state index in [-0.39, 0.29) is 0 Å². The van der Waals surface area contributed by atoms with Crippen LogP contribution in [0.3, 0.4) is 0 Å². The highest BCUT2D eigenvalue weighted by atomic mass is 15.1. The van der Waals surface area contributed by atoms with Crippen LogP contribution in [0.15, 0.2) is 18.3 Å². The quantitative estimate of drug-likeness (QED) is 0.804. The Bertz CT molecular complexity index is 299. The van der Waals surface area contributed by atoms with Crippen LogP contribution < -0.4 is 5.73 Å². The van der Waals surface area contributed by atoms with Gasteiger partial charge in [0, 0.05) is 25.0 Å². The van der Waals surface area contributed by atoms with E-state index in [4.69, 9.17) is 5.73 Å². The van der Waals surface area contributed by atoms with Crippen molar-refractivity contribution in [2.45, 2.75) is 26.8 Å². The molecule has 0 saturated heterocycles. The third-order valence-corrected chi connectivity index (χ3v) is 2.59. The van der Waals surface area contributed by atoms with E-state index in [9.17, 15) is 0 Å². The van der Waals surface area contributed by atoms with Gasteiger partial charge in [0.05, 0.1) is 5.69 Å². The predicted molar refractivity (Wildman–Crippen MR) is 64.4 cm³/mol. The molecule has 1 aromatic rings. The summed E-state index contributed by atoms with van der Waals surface area (Å²) in [6.45, 7) is 6.46. The van der Waals surface area contributed by atoms with Crippen molar-refractivity contribution in [2.24, 2.45) is 5.92 Å². The zero-order valence-corrected chi connectivity index (χ0v) is 9.90. The Hall–Kier alpha value is -1.09. The van der Waals surface area contributed by atoms with Gasteiger partial charge in [-0.15, -0.1) is 0 Å². The van der Waals surface area contributed by atoms with E-state index in [0.29, 0.717) is 0 Å². The Morgan fingerprint density at radius 1 is 1.53 bits per heavy atom. The lowest BCUT2D eigenvalue weighted by atomic mass is 10.1. The molecule has 0 aliphatic heterocycles. The normalized spacial score (nSPS) is 13.1. The minimum atomic E-state index is 0.732. The highest BCUT2D eigenvalue weighted by molar-refractivity contribution is 5.37. The molecular formula is C12H21N3. The van der Waals surface area contributed by atoms with Gasteiger partial charge in [0.2, 0.25) is 0 Å². The number of rotatable bonds is 5. The summed E-state index contributed by atoms with van der Waals surface area (Å²) in [6, 6.07) is 3.76. The summed E-state index contributed by atoms with van der Waals surface area (Å²) in [7, 11) is 2.12. The first-order chi connectivity index (χ1) is 7.11. The highest BCUT2D eigenvalue weighted by Crippen LogP contribution is 2.08. The van der Waals surface area contributed by atoms with E-state index < -0.39 is 0 Å². The number of nitrogens with two attached hydrogens (primary N) is 1. The molecule has 84 valence electrons. The van der Waals surface area contributed by atoms with Crippen molar-refractivity contribution in [1.29, 1.82) is 0 Å². The third kappa shape index (κ3) is 4.30. The first kappa shape index (κ1) is 12.0. The molecule has 1 atom stereocenters. The van der Waals surface area contributed by atoms with Crippen molar-refractivity contribution in [3.8, 4) is 0 Å². The Labute approximate surface area is 92.3 Å². The number of hydrogen-bond donors (Lipinski definition) is 1. The van der Waals surface area contributed by atoms with E-state index >= 15 is 0 Å². The van der Waals surface area contributed by atoms with Crippen molar-refractivity contribution < 1.29 is 0 Å². The van der Waals surface area contributed by atoms with Gasteiger partial charge >= 0.3 is 0 Å². The van der Waals surface area contributed by atoms with E-state index in [1.54, 1.807) is 6.20 Å². The zero-order chi connectivity index (χ0) is 11.3. The maximum atomic E-state index is 5.70. The molecule has 0 aromatic carbocycles. The van der Waals surface area contributed by atoms with Crippen molar-refractivity contribution in [2.75, 3.05) is 19.3 Å². The van der Waals surface area contributed by atoms with Crippen molar-refractivity contribution >= 4 is 5.69 Å². The molecule has 0 aliphatic carbocycles. The van der Waals surface area contributed by atoms with E-state index in [0.717, 1.165) is 30.4 Å². The van der Waals surface area contributed by atoms with Crippen LogP contribution in [0, 0.1) is 5.92 Å². The Morgan fingerprint density at radius 3 is 2.87 bits per heavy atom. The van der Waals surface area contributed by atoms with E-state index in [1.807, 2.05) is 12.1 Å². The molecule has 0 bridgehead atoms. The number of aromatic nitrogens is 1. The summed E-state index contributed by atoms with van der Waals surface area (Å²) in [6.07, 6.45) is 2.98.